The molecule has 2 heterocycles. The number of thiocarbonyl (C=S) groups is 1. The molecule has 0 spiro atoms. The summed E-state index contributed by atoms with van der Waals surface area (Å²) in [5.74, 6) is 2.35. The van der Waals surface area contributed by atoms with Crippen LogP contribution in [-0.4, -0.2) is 29.5 Å². The molecule has 0 saturated heterocycles. The van der Waals surface area contributed by atoms with Gasteiger partial charge in [-0.3, -0.25) is 4.90 Å². The summed E-state index contributed by atoms with van der Waals surface area (Å²) in [6.45, 7) is 4.08. The minimum absolute atomic E-state index is 0.312. The minimum Gasteiger partial charge on any atom is -0.497 e. The molecule has 1 unspecified atom stereocenters. The highest BCUT2D eigenvalue weighted by atomic mass is 32.1. The van der Waals surface area contributed by atoms with Crippen LogP contribution in [0.4, 0.5) is 5.69 Å². The van der Waals surface area contributed by atoms with Crippen molar-refractivity contribution in [3.05, 3.63) is 95.5 Å². The molecule has 1 aliphatic rings. The molecule has 1 aromatic heterocycles. The van der Waals surface area contributed by atoms with E-state index in [2.05, 4.69) is 29.5 Å². The first-order chi connectivity index (χ1) is 17.5. The van der Waals surface area contributed by atoms with E-state index in [-0.39, 0.29) is 6.04 Å². The van der Waals surface area contributed by atoms with E-state index in [0.29, 0.717) is 16.8 Å². The fourth-order valence-corrected chi connectivity index (χ4v) is 4.67. The van der Waals surface area contributed by atoms with E-state index >= 15 is 0 Å². The third kappa shape index (κ3) is 4.43. The van der Waals surface area contributed by atoms with Crippen molar-refractivity contribution in [3.8, 4) is 22.9 Å². The van der Waals surface area contributed by atoms with E-state index < -0.39 is 0 Å². The van der Waals surface area contributed by atoms with Crippen molar-refractivity contribution in [3.63, 3.8) is 0 Å². The van der Waals surface area contributed by atoms with Gasteiger partial charge in [-0.05, 0) is 68.0 Å². The van der Waals surface area contributed by atoms with E-state index in [1.54, 1.807) is 14.2 Å². The number of aromatic nitrogens is 2. The van der Waals surface area contributed by atoms with Crippen molar-refractivity contribution in [2.75, 3.05) is 19.1 Å². The van der Waals surface area contributed by atoms with Crippen LogP contribution in [-0.2, 0) is 0 Å². The molecule has 4 aromatic rings. The van der Waals surface area contributed by atoms with E-state index in [1.807, 2.05) is 72.5 Å². The van der Waals surface area contributed by atoms with Gasteiger partial charge in [-0.2, -0.15) is 4.98 Å². The summed E-state index contributed by atoms with van der Waals surface area (Å²) >= 11 is 5.84. The van der Waals surface area contributed by atoms with Crippen LogP contribution in [0.2, 0.25) is 0 Å². The minimum atomic E-state index is -0.312. The zero-order valence-electron chi connectivity index (χ0n) is 20.5. The van der Waals surface area contributed by atoms with E-state index in [9.17, 15) is 0 Å². The number of rotatable bonds is 6. The number of nitrogens with zero attached hydrogens (tertiary/aromatic N) is 3. The van der Waals surface area contributed by atoms with Gasteiger partial charge in [-0.15, -0.1) is 0 Å². The third-order valence-electron chi connectivity index (χ3n) is 6.19. The van der Waals surface area contributed by atoms with E-state index in [0.717, 1.165) is 39.6 Å². The monoisotopic (exact) mass is 498 g/mol. The Hall–Kier alpha value is -4.17. The number of methoxy groups -OCH3 is 2. The lowest BCUT2D eigenvalue weighted by atomic mass is 9.94. The molecule has 3 aromatic carbocycles. The number of benzene rings is 3. The molecular weight excluding hydrogens is 472 g/mol. The fraction of sp³-hybridized carbons (Fsp3) is 0.179. The van der Waals surface area contributed by atoms with Gasteiger partial charge in [-0.25, -0.2) is 0 Å². The molecule has 1 N–H and O–H groups in total. The Kier molecular flexibility index (Phi) is 6.43. The van der Waals surface area contributed by atoms with Gasteiger partial charge in [0.15, 0.2) is 5.11 Å². The maximum Gasteiger partial charge on any atom is 0.258 e. The molecule has 0 saturated carbocycles. The van der Waals surface area contributed by atoms with Gasteiger partial charge < -0.3 is 19.3 Å². The molecule has 0 radical (unpaired) electrons. The normalized spacial score (nSPS) is 15.6. The first-order valence-corrected chi connectivity index (χ1v) is 11.9. The zero-order valence-corrected chi connectivity index (χ0v) is 21.3. The molecule has 1 atom stereocenters. The zero-order chi connectivity index (χ0) is 25.2. The largest absolute Gasteiger partial charge is 0.497 e. The van der Waals surface area contributed by atoms with Crippen molar-refractivity contribution in [1.29, 1.82) is 0 Å². The standard InChI is InChI=1S/C28H26N4O3S/c1-17-11-13-21(14-12-17)32-18(2)24(25(29-28(32)36)19-7-5-9-22(15-19)33-3)27-30-26(31-35-27)20-8-6-10-23(16-20)34-4/h5-16,25H,1-4H3,(H,29,36). The van der Waals surface area contributed by atoms with Gasteiger partial charge >= 0.3 is 0 Å². The number of anilines is 1. The molecule has 36 heavy (non-hydrogen) atoms. The maximum atomic E-state index is 5.85. The lowest BCUT2D eigenvalue weighted by molar-refractivity contribution is 0.403. The first kappa shape index (κ1) is 23.6. The Morgan fingerprint density at radius 3 is 2.33 bits per heavy atom. The summed E-state index contributed by atoms with van der Waals surface area (Å²) in [4.78, 5) is 6.78. The average Bonchev–Trinajstić information content (AvgIpc) is 3.39. The van der Waals surface area contributed by atoms with Crippen LogP contribution in [0, 0.1) is 6.92 Å². The van der Waals surface area contributed by atoms with Crippen molar-refractivity contribution in [2.45, 2.75) is 19.9 Å². The van der Waals surface area contributed by atoms with Crippen molar-refractivity contribution < 1.29 is 14.0 Å². The molecule has 8 heteroatoms. The number of aryl methyl sites for hydroxylation is 1. The van der Waals surface area contributed by atoms with Gasteiger partial charge in [0.1, 0.15) is 11.5 Å². The fourth-order valence-electron chi connectivity index (χ4n) is 4.31. The van der Waals surface area contributed by atoms with Gasteiger partial charge in [0.25, 0.3) is 5.89 Å². The summed E-state index contributed by atoms with van der Waals surface area (Å²) < 4.78 is 16.7. The van der Waals surface area contributed by atoms with E-state index in [1.165, 1.54) is 5.56 Å². The lowest BCUT2D eigenvalue weighted by Crippen LogP contribution is -2.46. The molecule has 0 bridgehead atoms. The maximum absolute atomic E-state index is 5.85. The Morgan fingerprint density at radius 1 is 0.917 bits per heavy atom. The third-order valence-corrected chi connectivity index (χ3v) is 6.49. The van der Waals surface area contributed by atoms with Crippen LogP contribution in [0.25, 0.3) is 17.0 Å². The van der Waals surface area contributed by atoms with Gasteiger partial charge in [0, 0.05) is 16.9 Å². The second-order valence-corrected chi connectivity index (χ2v) is 8.87. The highest BCUT2D eigenvalue weighted by Crippen LogP contribution is 2.40. The summed E-state index contributed by atoms with van der Waals surface area (Å²) in [5.41, 5.74) is 5.62. The number of allylic oxidation sites excluding steroid dienone is 1. The summed E-state index contributed by atoms with van der Waals surface area (Å²) in [7, 11) is 3.28. The van der Waals surface area contributed by atoms with Crippen molar-refractivity contribution in [1.82, 2.24) is 15.5 Å². The van der Waals surface area contributed by atoms with Crippen molar-refractivity contribution >= 4 is 28.6 Å². The summed E-state index contributed by atoms with van der Waals surface area (Å²) in [6.07, 6.45) is 0. The molecule has 1 aliphatic heterocycles. The molecule has 182 valence electrons. The Morgan fingerprint density at radius 2 is 1.61 bits per heavy atom. The van der Waals surface area contributed by atoms with Gasteiger partial charge in [0.2, 0.25) is 5.82 Å². The molecule has 7 nitrogen and oxygen atoms in total. The lowest BCUT2D eigenvalue weighted by Gasteiger charge is -2.37. The predicted octanol–water partition coefficient (Wildman–Crippen LogP) is 5.93. The molecule has 5 rings (SSSR count). The van der Waals surface area contributed by atoms with Crippen molar-refractivity contribution in [2.24, 2.45) is 0 Å². The van der Waals surface area contributed by atoms with Crippen LogP contribution in [0.1, 0.15) is 30.0 Å². The molecular formula is C28H26N4O3S. The molecule has 0 amide bonds. The number of nitrogens with one attached hydrogen (secondary N) is 1. The van der Waals surface area contributed by atoms with Crippen LogP contribution in [0.15, 0.2) is 83.0 Å². The second-order valence-electron chi connectivity index (χ2n) is 8.48. The number of hydrogen-bond donors (Lipinski definition) is 1. The van der Waals surface area contributed by atoms with Crippen LogP contribution < -0.4 is 19.7 Å². The SMILES string of the molecule is COc1cccc(-c2noc(C3=C(C)N(c4ccc(C)cc4)C(=S)NC3c3cccc(OC)c3)n2)c1. The van der Waals surface area contributed by atoms with Gasteiger partial charge in [-0.1, -0.05) is 47.1 Å². The molecule has 0 aliphatic carbocycles. The number of ether oxygens (including phenoxy) is 2. The Bertz CT molecular complexity index is 1450. The first-order valence-electron chi connectivity index (χ1n) is 11.5. The van der Waals surface area contributed by atoms with Gasteiger partial charge in [0.05, 0.1) is 25.8 Å². The van der Waals surface area contributed by atoms with E-state index in [4.69, 9.17) is 31.2 Å². The topological polar surface area (TPSA) is 72.7 Å². The number of hydrogen-bond acceptors (Lipinski definition) is 6. The van der Waals surface area contributed by atoms with Crippen LogP contribution >= 0.6 is 12.2 Å². The average molecular weight is 499 g/mol. The summed E-state index contributed by atoms with van der Waals surface area (Å²) in [5, 5.41) is 8.36. The molecule has 0 fully saturated rings. The quantitative estimate of drug-likeness (QED) is 0.328. The Labute approximate surface area is 215 Å². The Balaban J connectivity index is 1.65. The highest BCUT2D eigenvalue weighted by Gasteiger charge is 2.35. The predicted molar refractivity (Wildman–Crippen MR) is 144 cm³/mol. The van der Waals surface area contributed by atoms with Crippen LogP contribution in [0.3, 0.4) is 0 Å². The highest BCUT2D eigenvalue weighted by molar-refractivity contribution is 7.80. The summed E-state index contributed by atoms with van der Waals surface area (Å²) in [6, 6.07) is 23.3. The van der Waals surface area contributed by atoms with Crippen LogP contribution in [0.5, 0.6) is 11.5 Å². The smallest absolute Gasteiger partial charge is 0.258 e. The second kappa shape index (κ2) is 9.83.